The summed E-state index contributed by atoms with van der Waals surface area (Å²) in [5.74, 6) is 0.386. The van der Waals surface area contributed by atoms with E-state index in [4.69, 9.17) is 0 Å². The quantitative estimate of drug-likeness (QED) is 0.834. The van der Waals surface area contributed by atoms with Crippen molar-refractivity contribution < 1.29 is 5.11 Å². The summed E-state index contributed by atoms with van der Waals surface area (Å²) < 4.78 is 0. The van der Waals surface area contributed by atoms with Gasteiger partial charge in [0, 0.05) is 11.0 Å². The van der Waals surface area contributed by atoms with E-state index in [2.05, 4.69) is 38.1 Å². The fraction of sp³-hybridized carbons (Fsp3) is 0.294. The minimum atomic E-state index is -0.124. The van der Waals surface area contributed by atoms with Crippen molar-refractivity contribution in [3.8, 4) is 5.75 Å². The molecule has 0 heterocycles. The lowest BCUT2D eigenvalue weighted by molar-refractivity contribution is 0.433. The van der Waals surface area contributed by atoms with Gasteiger partial charge >= 0.3 is 0 Å². The highest BCUT2D eigenvalue weighted by Gasteiger charge is 2.29. The Hall–Kier alpha value is -1.76. The minimum absolute atomic E-state index is 0.124. The van der Waals surface area contributed by atoms with Gasteiger partial charge in [-0.05, 0) is 18.1 Å². The molecule has 1 atom stereocenters. The molecule has 0 amide bonds. The highest BCUT2D eigenvalue weighted by atomic mass is 16.3. The van der Waals surface area contributed by atoms with Crippen LogP contribution in [-0.2, 0) is 5.41 Å². The molecule has 0 fully saturated rings. The molecule has 0 aliphatic heterocycles. The largest absolute Gasteiger partial charge is 0.508 e. The highest BCUT2D eigenvalue weighted by Crippen LogP contribution is 2.40. The second-order valence-electron chi connectivity index (χ2n) is 4.97. The number of para-hydroxylation sites is 1. The van der Waals surface area contributed by atoms with Crippen LogP contribution in [0.15, 0.2) is 54.6 Å². The third kappa shape index (κ3) is 2.26. The summed E-state index contributed by atoms with van der Waals surface area (Å²) >= 11 is 0. The molecule has 1 N–H and O–H groups in total. The number of phenolic OH excluding ortho intramolecular Hbond substituents is 1. The van der Waals surface area contributed by atoms with Crippen LogP contribution < -0.4 is 0 Å². The van der Waals surface area contributed by atoms with Gasteiger partial charge in [-0.25, -0.2) is 0 Å². The molecule has 94 valence electrons. The van der Waals surface area contributed by atoms with Gasteiger partial charge in [0.1, 0.15) is 5.75 Å². The molecule has 0 radical (unpaired) electrons. The van der Waals surface area contributed by atoms with Crippen molar-refractivity contribution in [2.45, 2.75) is 32.1 Å². The summed E-state index contributed by atoms with van der Waals surface area (Å²) in [5.41, 5.74) is 2.15. The Morgan fingerprint density at radius 1 is 0.944 bits per heavy atom. The monoisotopic (exact) mass is 240 g/mol. The van der Waals surface area contributed by atoms with Gasteiger partial charge in [-0.3, -0.25) is 0 Å². The third-order valence-electron chi connectivity index (χ3n) is 3.66. The first-order chi connectivity index (χ1) is 8.68. The molecule has 1 heteroatoms. The van der Waals surface area contributed by atoms with Crippen molar-refractivity contribution in [1.82, 2.24) is 0 Å². The number of benzene rings is 2. The summed E-state index contributed by atoms with van der Waals surface area (Å²) in [6.07, 6.45) is 2.11. The maximum atomic E-state index is 10.1. The lowest BCUT2D eigenvalue weighted by Gasteiger charge is -2.31. The zero-order valence-electron chi connectivity index (χ0n) is 11.1. The van der Waals surface area contributed by atoms with Gasteiger partial charge in [0.2, 0.25) is 0 Å². The SMILES string of the molecule is CCCC(C)(c1ccccc1)c1ccccc1O. The third-order valence-corrected chi connectivity index (χ3v) is 3.66. The first-order valence-electron chi connectivity index (χ1n) is 6.52. The Bertz CT molecular complexity index is 504. The Kier molecular flexibility index (Phi) is 3.71. The fourth-order valence-electron chi connectivity index (χ4n) is 2.68. The van der Waals surface area contributed by atoms with Crippen molar-refractivity contribution >= 4 is 0 Å². The van der Waals surface area contributed by atoms with Crippen molar-refractivity contribution in [2.75, 3.05) is 0 Å². The molecule has 0 aromatic heterocycles. The predicted octanol–water partition coefficient (Wildman–Crippen LogP) is 4.50. The molecule has 2 aromatic rings. The summed E-state index contributed by atoms with van der Waals surface area (Å²) in [7, 11) is 0. The molecule has 1 nitrogen and oxygen atoms in total. The van der Waals surface area contributed by atoms with E-state index in [9.17, 15) is 5.11 Å². The molecule has 0 aliphatic rings. The van der Waals surface area contributed by atoms with E-state index in [0.717, 1.165) is 18.4 Å². The molecule has 0 bridgehead atoms. The average Bonchev–Trinajstić information content (AvgIpc) is 2.40. The summed E-state index contributed by atoms with van der Waals surface area (Å²) in [4.78, 5) is 0. The second-order valence-corrected chi connectivity index (χ2v) is 4.97. The van der Waals surface area contributed by atoms with Crippen molar-refractivity contribution in [2.24, 2.45) is 0 Å². The fourth-order valence-corrected chi connectivity index (χ4v) is 2.68. The molecular weight excluding hydrogens is 220 g/mol. The van der Waals surface area contributed by atoms with Gasteiger partial charge in [0.25, 0.3) is 0 Å². The summed E-state index contributed by atoms with van der Waals surface area (Å²) in [6.45, 7) is 4.39. The molecule has 2 rings (SSSR count). The molecule has 0 saturated carbocycles. The van der Waals surface area contributed by atoms with Crippen molar-refractivity contribution in [3.05, 3.63) is 65.7 Å². The van der Waals surface area contributed by atoms with Gasteiger partial charge in [-0.15, -0.1) is 0 Å². The van der Waals surface area contributed by atoms with Crippen LogP contribution in [0.3, 0.4) is 0 Å². The van der Waals surface area contributed by atoms with Gasteiger partial charge in [-0.2, -0.15) is 0 Å². The first kappa shape index (κ1) is 12.7. The van der Waals surface area contributed by atoms with E-state index in [-0.39, 0.29) is 5.41 Å². The molecule has 2 aromatic carbocycles. The zero-order valence-corrected chi connectivity index (χ0v) is 11.1. The van der Waals surface area contributed by atoms with Crippen LogP contribution >= 0.6 is 0 Å². The Balaban J connectivity index is 2.55. The van der Waals surface area contributed by atoms with E-state index in [0.29, 0.717) is 5.75 Å². The van der Waals surface area contributed by atoms with Crippen LogP contribution in [0.4, 0.5) is 0 Å². The zero-order chi connectivity index (χ0) is 13.0. The molecule has 18 heavy (non-hydrogen) atoms. The van der Waals surface area contributed by atoms with Gasteiger partial charge in [0.15, 0.2) is 0 Å². The van der Waals surface area contributed by atoms with Crippen molar-refractivity contribution in [1.29, 1.82) is 0 Å². The van der Waals surface area contributed by atoms with Gasteiger partial charge in [0.05, 0.1) is 0 Å². The summed E-state index contributed by atoms with van der Waals surface area (Å²) in [6, 6.07) is 18.1. The van der Waals surface area contributed by atoms with Crippen LogP contribution in [-0.4, -0.2) is 5.11 Å². The van der Waals surface area contributed by atoms with E-state index in [1.807, 2.05) is 24.3 Å². The number of phenols is 1. The van der Waals surface area contributed by atoms with Crippen LogP contribution in [0.25, 0.3) is 0 Å². The Morgan fingerprint density at radius 3 is 2.17 bits per heavy atom. The van der Waals surface area contributed by atoms with Crippen molar-refractivity contribution in [3.63, 3.8) is 0 Å². The van der Waals surface area contributed by atoms with E-state index < -0.39 is 0 Å². The molecule has 0 saturated heterocycles. The number of aromatic hydroxyl groups is 1. The molecule has 0 aliphatic carbocycles. The van der Waals surface area contributed by atoms with Gasteiger partial charge in [-0.1, -0.05) is 68.8 Å². The number of hydrogen-bond acceptors (Lipinski definition) is 1. The standard InChI is InChI=1S/C17H20O/c1-3-13-17(2,14-9-5-4-6-10-14)15-11-7-8-12-16(15)18/h4-12,18H,3,13H2,1-2H3. The number of rotatable bonds is 4. The Labute approximate surface area is 109 Å². The maximum Gasteiger partial charge on any atom is 0.119 e. The normalized spacial score (nSPS) is 14.1. The topological polar surface area (TPSA) is 20.2 Å². The lowest BCUT2D eigenvalue weighted by Crippen LogP contribution is -2.23. The van der Waals surface area contributed by atoms with E-state index >= 15 is 0 Å². The van der Waals surface area contributed by atoms with Crippen LogP contribution in [0, 0.1) is 0 Å². The Morgan fingerprint density at radius 2 is 1.56 bits per heavy atom. The van der Waals surface area contributed by atoms with Crippen LogP contribution in [0.2, 0.25) is 0 Å². The minimum Gasteiger partial charge on any atom is -0.508 e. The highest BCUT2D eigenvalue weighted by molar-refractivity contribution is 5.45. The predicted molar refractivity (Wildman–Crippen MR) is 75.9 cm³/mol. The number of hydrogen-bond donors (Lipinski definition) is 1. The first-order valence-corrected chi connectivity index (χ1v) is 6.52. The van der Waals surface area contributed by atoms with Crippen LogP contribution in [0.1, 0.15) is 37.8 Å². The average molecular weight is 240 g/mol. The lowest BCUT2D eigenvalue weighted by atomic mass is 9.73. The maximum absolute atomic E-state index is 10.1. The molecular formula is C17H20O. The summed E-state index contributed by atoms with van der Waals surface area (Å²) in [5, 5.41) is 10.1. The smallest absolute Gasteiger partial charge is 0.119 e. The van der Waals surface area contributed by atoms with Gasteiger partial charge < -0.3 is 5.11 Å². The van der Waals surface area contributed by atoms with Crippen LogP contribution in [0.5, 0.6) is 5.75 Å². The second kappa shape index (κ2) is 5.26. The van der Waals surface area contributed by atoms with E-state index in [1.54, 1.807) is 6.07 Å². The van der Waals surface area contributed by atoms with E-state index in [1.165, 1.54) is 5.56 Å². The molecule has 1 unspecified atom stereocenters. The molecule has 0 spiro atoms.